The lowest BCUT2D eigenvalue weighted by molar-refractivity contribution is 0.322. The zero-order chi connectivity index (χ0) is 7.40. The van der Waals surface area contributed by atoms with E-state index in [4.69, 9.17) is 5.21 Å². The zero-order valence-corrected chi connectivity index (χ0v) is 5.70. The van der Waals surface area contributed by atoms with E-state index in [0.29, 0.717) is 0 Å². The minimum atomic E-state index is 0.894. The van der Waals surface area contributed by atoms with Crippen LogP contribution in [0.3, 0.4) is 0 Å². The second kappa shape index (κ2) is 3.01. The van der Waals surface area contributed by atoms with E-state index in [9.17, 15) is 0 Å². The van der Waals surface area contributed by atoms with Crippen molar-refractivity contribution in [3.63, 3.8) is 0 Å². The molecule has 0 unspecified atom stereocenters. The van der Waals surface area contributed by atoms with Gasteiger partial charge in [0.1, 0.15) is 0 Å². The van der Waals surface area contributed by atoms with Gasteiger partial charge in [-0.15, -0.1) is 0 Å². The van der Waals surface area contributed by atoms with Gasteiger partial charge >= 0.3 is 0 Å². The van der Waals surface area contributed by atoms with Gasteiger partial charge in [0.2, 0.25) is 0 Å². The molecule has 2 heteroatoms. The lowest BCUT2D eigenvalue weighted by Gasteiger charge is -1.94. The molecule has 10 heavy (non-hydrogen) atoms. The van der Waals surface area contributed by atoms with Gasteiger partial charge in [-0.25, -0.2) is 0 Å². The molecule has 2 nitrogen and oxygen atoms in total. The summed E-state index contributed by atoms with van der Waals surface area (Å²) in [5.41, 5.74) is 1.88. The first-order chi connectivity index (χ1) is 4.84. The molecule has 0 amide bonds. The zero-order valence-electron chi connectivity index (χ0n) is 5.70. The molecule has 1 aromatic rings. The number of hydrogen-bond donors (Lipinski definition) is 1. The number of benzene rings is 1. The second-order valence-electron chi connectivity index (χ2n) is 2.00. The van der Waals surface area contributed by atoms with Crippen LogP contribution in [0.1, 0.15) is 11.1 Å². The molecule has 1 rings (SSSR count). The molecule has 0 saturated carbocycles. The summed E-state index contributed by atoms with van der Waals surface area (Å²) >= 11 is 0. The van der Waals surface area contributed by atoms with Crippen LogP contribution in [0.5, 0.6) is 0 Å². The van der Waals surface area contributed by atoms with Crippen LogP contribution in [-0.2, 0) is 0 Å². The van der Waals surface area contributed by atoms with Crippen molar-refractivity contribution in [2.45, 2.75) is 6.92 Å². The molecule has 0 aromatic heterocycles. The van der Waals surface area contributed by atoms with Gasteiger partial charge in [0.25, 0.3) is 0 Å². The van der Waals surface area contributed by atoms with Gasteiger partial charge in [0.05, 0.1) is 6.21 Å². The average Bonchev–Trinajstić information content (AvgIpc) is 1.94. The van der Waals surface area contributed by atoms with Gasteiger partial charge in [-0.05, 0) is 24.1 Å². The van der Waals surface area contributed by atoms with Crippen molar-refractivity contribution in [1.82, 2.24) is 0 Å². The Labute approximate surface area is 59.8 Å². The fraction of sp³-hybridized carbons (Fsp3) is 0.125. The molecule has 0 saturated heterocycles. The van der Waals surface area contributed by atoms with Crippen LogP contribution in [0.25, 0.3) is 0 Å². The van der Waals surface area contributed by atoms with Crippen molar-refractivity contribution in [2.24, 2.45) is 5.16 Å². The molecular formula is C8H8NO. The summed E-state index contributed by atoms with van der Waals surface area (Å²) in [7, 11) is 0. The Kier molecular flexibility index (Phi) is 2.05. The number of aryl methyl sites for hydroxylation is 1. The van der Waals surface area contributed by atoms with Gasteiger partial charge in [0, 0.05) is 0 Å². The van der Waals surface area contributed by atoms with E-state index in [-0.39, 0.29) is 0 Å². The molecule has 0 bridgehead atoms. The number of hydrogen-bond acceptors (Lipinski definition) is 2. The number of rotatable bonds is 1. The summed E-state index contributed by atoms with van der Waals surface area (Å²) in [4.78, 5) is 0. The van der Waals surface area contributed by atoms with Crippen LogP contribution < -0.4 is 0 Å². The highest BCUT2D eigenvalue weighted by atomic mass is 16.4. The summed E-state index contributed by atoms with van der Waals surface area (Å²) in [6, 6.07) is 8.52. The quantitative estimate of drug-likeness (QED) is 0.353. The highest BCUT2D eigenvalue weighted by Crippen LogP contribution is 2.01. The summed E-state index contributed by atoms with van der Waals surface area (Å²) in [5.74, 6) is 0. The van der Waals surface area contributed by atoms with E-state index in [1.807, 2.05) is 25.1 Å². The van der Waals surface area contributed by atoms with Crippen molar-refractivity contribution in [3.05, 3.63) is 35.4 Å². The predicted octanol–water partition coefficient (Wildman–Crippen LogP) is 1.60. The molecule has 1 aromatic carbocycles. The third-order valence-corrected chi connectivity index (χ3v) is 1.30. The Balaban J connectivity index is 3.03. The van der Waals surface area contributed by atoms with Gasteiger partial charge in [-0.2, -0.15) is 0 Å². The van der Waals surface area contributed by atoms with Crippen LogP contribution in [-0.4, -0.2) is 11.4 Å². The van der Waals surface area contributed by atoms with E-state index in [2.05, 4.69) is 11.2 Å². The first-order valence-corrected chi connectivity index (χ1v) is 2.99. The summed E-state index contributed by atoms with van der Waals surface area (Å²) in [6.45, 7) is 1.91. The van der Waals surface area contributed by atoms with E-state index >= 15 is 0 Å². The molecule has 0 atom stereocenters. The Morgan fingerprint density at radius 2 is 2.50 bits per heavy atom. The second-order valence-corrected chi connectivity index (χ2v) is 2.00. The van der Waals surface area contributed by atoms with Crippen LogP contribution in [0, 0.1) is 13.0 Å². The highest BCUT2D eigenvalue weighted by molar-refractivity contribution is 5.80. The maximum absolute atomic E-state index is 8.20. The molecule has 51 valence electrons. The standard InChI is InChI=1S/C8H8NO/c1-7-4-2-3-5-8(7)6-9-10/h2-3,5-6,10H,1H3. The Morgan fingerprint density at radius 3 is 3.10 bits per heavy atom. The molecule has 0 heterocycles. The van der Waals surface area contributed by atoms with Crippen LogP contribution in [0.4, 0.5) is 0 Å². The number of oxime groups is 1. The molecule has 0 spiro atoms. The SMILES string of the molecule is Cc1[c]cccc1C=NO. The first-order valence-electron chi connectivity index (χ1n) is 2.99. The molecule has 0 aliphatic carbocycles. The normalized spacial score (nSPS) is 10.5. The molecule has 1 N–H and O–H groups in total. The molecule has 0 fully saturated rings. The minimum Gasteiger partial charge on any atom is -0.411 e. The lowest BCUT2D eigenvalue weighted by atomic mass is 10.1. The van der Waals surface area contributed by atoms with E-state index < -0.39 is 0 Å². The maximum Gasteiger partial charge on any atom is 0.0736 e. The van der Waals surface area contributed by atoms with Gasteiger partial charge in [0.15, 0.2) is 0 Å². The Bertz CT molecular complexity index is 243. The number of nitrogens with zero attached hydrogens (tertiary/aromatic N) is 1. The van der Waals surface area contributed by atoms with Gasteiger partial charge in [-0.3, -0.25) is 0 Å². The first kappa shape index (κ1) is 6.81. The fourth-order valence-corrected chi connectivity index (χ4v) is 0.735. The van der Waals surface area contributed by atoms with E-state index in [1.54, 1.807) is 0 Å². The summed E-state index contributed by atoms with van der Waals surface area (Å²) in [5, 5.41) is 11.1. The minimum absolute atomic E-state index is 0.894. The van der Waals surface area contributed by atoms with Crippen molar-refractivity contribution in [2.75, 3.05) is 0 Å². The fourth-order valence-electron chi connectivity index (χ4n) is 0.735. The molecular weight excluding hydrogens is 126 g/mol. The maximum atomic E-state index is 8.20. The molecule has 0 aliphatic heterocycles. The van der Waals surface area contributed by atoms with Crippen LogP contribution in [0.2, 0.25) is 0 Å². The third-order valence-electron chi connectivity index (χ3n) is 1.30. The highest BCUT2D eigenvalue weighted by Gasteiger charge is 1.90. The van der Waals surface area contributed by atoms with Gasteiger partial charge in [-0.1, -0.05) is 23.4 Å². The molecule has 0 aliphatic rings. The predicted molar refractivity (Wildman–Crippen MR) is 39.4 cm³/mol. The van der Waals surface area contributed by atoms with Crippen molar-refractivity contribution < 1.29 is 5.21 Å². The summed E-state index contributed by atoms with van der Waals surface area (Å²) in [6.07, 6.45) is 1.39. The van der Waals surface area contributed by atoms with Crippen molar-refractivity contribution >= 4 is 6.21 Å². The third kappa shape index (κ3) is 1.35. The van der Waals surface area contributed by atoms with Crippen molar-refractivity contribution in [1.29, 1.82) is 0 Å². The van der Waals surface area contributed by atoms with E-state index in [0.717, 1.165) is 11.1 Å². The van der Waals surface area contributed by atoms with Gasteiger partial charge < -0.3 is 5.21 Å². The lowest BCUT2D eigenvalue weighted by Crippen LogP contribution is -1.84. The molecule has 1 radical (unpaired) electrons. The Hall–Kier alpha value is -1.31. The van der Waals surface area contributed by atoms with Crippen LogP contribution in [0.15, 0.2) is 23.4 Å². The topological polar surface area (TPSA) is 32.6 Å². The largest absolute Gasteiger partial charge is 0.411 e. The average molecular weight is 134 g/mol. The van der Waals surface area contributed by atoms with Crippen molar-refractivity contribution in [3.8, 4) is 0 Å². The monoisotopic (exact) mass is 134 g/mol. The van der Waals surface area contributed by atoms with E-state index in [1.165, 1.54) is 6.21 Å². The smallest absolute Gasteiger partial charge is 0.0736 e. The Morgan fingerprint density at radius 1 is 1.70 bits per heavy atom. The summed E-state index contributed by atoms with van der Waals surface area (Å²) < 4.78 is 0. The van der Waals surface area contributed by atoms with Crippen LogP contribution >= 0.6 is 0 Å².